The van der Waals surface area contributed by atoms with Gasteiger partial charge in [0.15, 0.2) is 0 Å². The number of rotatable bonds is 7. The maximum atomic E-state index is 12.6. The maximum Gasteiger partial charge on any atom is 0.299 e. The molecule has 126 valence electrons. The summed E-state index contributed by atoms with van der Waals surface area (Å²) in [7, 11) is 0. The van der Waals surface area contributed by atoms with Crippen molar-refractivity contribution in [2.75, 3.05) is 13.2 Å². The molecular formula is C16H22NO4PS. The Hall–Kier alpha value is -1.07. The highest BCUT2D eigenvalue weighted by Gasteiger charge is 2.45. The minimum Gasteiger partial charge on any atom is -0.313 e. The van der Waals surface area contributed by atoms with Gasteiger partial charge in [-0.15, -0.1) is 0 Å². The van der Waals surface area contributed by atoms with Gasteiger partial charge >= 0.3 is 0 Å². The van der Waals surface area contributed by atoms with Crippen molar-refractivity contribution < 1.29 is 18.6 Å². The van der Waals surface area contributed by atoms with Crippen LogP contribution in [0, 0.1) is 11.8 Å². The van der Waals surface area contributed by atoms with E-state index >= 15 is 0 Å². The fourth-order valence-corrected chi connectivity index (χ4v) is 4.79. The monoisotopic (exact) mass is 355 g/mol. The summed E-state index contributed by atoms with van der Waals surface area (Å²) in [6, 6.07) is 6.70. The lowest BCUT2D eigenvalue weighted by atomic mass is 10.1. The van der Waals surface area contributed by atoms with Gasteiger partial charge in [0.05, 0.1) is 24.3 Å². The van der Waals surface area contributed by atoms with E-state index in [-0.39, 0.29) is 11.8 Å². The standard InChI is InChI=1S/C16H22NO4PS/c1-11(2)9-20-22(23,21-10-12(3)4)17-15(18)13-7-5-6-8-14(13)16(17)19/h5-8,11-12H,9-10H2,1-4H3. The second-order valence-electron chi connectivity index (χ2n) is 6.32. The Balaban J connectivity index is 2.34. The molecule has 1 aromatic carbocycles. The Bertz CT molecular complexity index is 608. The molecule has 0 fully saturated rings. The van der Waals surface area contributed by atoms with E-state index in [2.05, 4.69) is 0 Å². The van der Waals surface area contributed by atoms with Crippen molar-refractivity contribution in [2.45, 2.75) is 27.7 Å². The molecule has 0 aliphatic carbocycles. The molecule has 0 bridgehead atoms. The normalized spacial score (nSPS) is 15.0. The number of hydrogen-bond donors (Lipinski definition) is 0. The summed E-state index contributed by atoms with van der Waals surface area (Å²) in [4.78, 5) is 25.3. The Morgan fingerprint density at radius 3 is 1.70 bits per heavy atom. The van der Waals surface area contributed by atoms with Gasteiger partial charge in [-0.2, -0.15) is 4.67 Å². The quantitative estimate of drug-likeness (QED) is 0.549. The number of carbonyl (C=O) groups excluding carboxylic acids is 2. The van der Waals surface area contributed by atoms with Crippen molar-refractivity contribution in [1.82, 2.24) is 4.67 Å². The lowest BCUT2D eigenvalue weighted by Crippen LogP contribution is -2.29. The number of amides is 2. The topological polar surface area (TPSA) is 55.8 Å². The van der Waals surface area contributed by atoms with Crippen LogP contribution in [-0.2, 0) is 20.9 Å². The minimum absolute atomic E-state index is 0.218. The first-order chi connectivity index (χ1) is 10.8. The summed E-state index contributed by atoms with van der Waals surface area (Å²) in [5.74, 6) is -0.423. The van der Waals surface area contributed by atoms with Crippen LogP contribution < -0.4 is 0 Å². The lowest BCUT2D eigenvalue weighted by Gasteiger charge is -2.30. The van der Waals surface area contributed by atoms with Crippen molar-refractivity contribution in [1.29, 1.82) is 0 Å². The minimum atomic E-state index is -3.20. The SMILES string of the molecule is CC(C)COP(=S)(OCC(C)C)N1C(=O)c2ccccc2C1=O. The molecule has 1 heterocycles. The maximum absolute atomic E-state index is 12.6. The third kappa shape index (κ3) is 3.89. The zero-order chi connectivity index (χ0) is 17.2. The Morgan fingerprint density at radius 1 is 0.957 bits per heavy atom. The second kappa shape index (κ2) is 7.22. The highest BCUT2D eigenvalue weighted by molar-refractivity contribution is 8.09. The predicted molar refractivity (Wildman–Crippen MR) is 92.8 cm³/mol. The van der Waals surface area contributed by atoms with Crippen LogP contribution in [0.15, 0.2) is 24.3 Å². The van der Waals surface area contributed by atoms with Crippen molar-refractivity contribution in [2.24, 2.45) is 11.8 Å². The molecule has 1 aliphatic rings. The van der Waals surface area contributed by atoms with Crippen LogP contribution in [-0.4, -0.2) is 29.7 Å². The van der Waals surface area contributed by atoms with Crippen molar-refractivity contribution >= 4 is 30.3 Å². The van der Waals surface area contributed by atoms with Crippen LogP contribution >= 0.6 is 6.64 Å². The molecule has 0 aromatic heterocycles. The van der Waals surface area contributed by atoms with Gasteiger partial charge in [-0.1, -0.05) is 39.8 Å². The summed E-state index contributed by atoms with van der Waals surface area (Å²) in [5.41, 5.74) is 0.709. The van der Waals surface area contributed by atoms with E-state index in [0.29, 0.717) is 24.3 Å². The summed E-state index contributed by atoms with van der Waals surface area (Å²) < 4.78 is 12.6. The van der Waals surface area contributed by atoms with E-state index in [1.54, 1.807) is 24.3 Å². The molecular weight excluding hydrogens is 333 g/mol. The fourth-order valence-electron chi connectivity index (χ4n) is 2.04. The van der Waals surface area contributed by atoms with E-state index < -0.39 is 18.5 Å². The zero-order valence-electron chi connectivity index (χ0n) is 13.8. The van der Waals surface area contributed by atoms with Crippen LogP contribution in [0.1, 0.15) is 48.4 Å². The van der Waals surface area contributed by atoms with Crippen molar-refractivity contribution in [3.63, 3.8) is 0 Å². The van der Waals surface area contributed by atoms with Crippen LogP contribution in [0.3, 0.4) is 0 Å². The first-order valence-corrected chi connectivity index (χ1v) is 10.2. The van der Waals surface area contributed by atoms with Crippen LogP contribution in [0.4, 0.5) is 0 Å². The van der Waals surface area contributed by atoms with E-state index in [4.69, 9.17) is 20.9 Å². The summed E-state index contributed by atoms with van der Waals surface area (Å²) in [6.07, 6.45) is 0. The fraction of sp³-hybridized carbons (Fsp3) is 0.500. The number of imide groups is 1. The molecule has 2 rings (SSSR count). The van der Waals surface area contributed by atoms with Crippen LogP contribution in [0.5, 0.6) is 0 Å². The Kier molecular flexibility index (Phi) is 5.74. The van der Waals surface area contributed by atoms with Gasteiger partial charge in [-0.05, 0) is 35.8 Å². The summed E-state index contributed by atoms with van der Waals surface area (Å²) in [6.45, 7) is 5.38. The number of hydrogen-bond acceptors (Lipinski definition) is 5. The number of nitrogens with zero attached hydrogens (tertiary/aromatic N) is 1. The molecule has 0 saturated carbocycles. The highest BCUT2D eigenvalue weighted by Crippen LogP contribution is 2.56. The van der Waals surface area contributed by atoms with Gasteiger partial charge in [-0.3, -0.25) is 9.59 Å². The van der Waals surface area contributed by atoms with Gasteiger partial charge in [0.1, 0.15) is 0 Å². The van der Waals surface area contributed by atoms with Gasteiger partial charge < -0.3 is 9.05 Å². The molecule has 0 unspecified atom stereocenters. The van der Waals surface area contributed by atoms with E-state index in [0.717, 1.165) is 4.67 Å². The molecule has 0 spiro atoms. The van der Waals surface area contributed by atoms with E-state index in [1.807, 2.05) is 27.7 Å². The lowest BCUT2D eigenvalue weighted by molar-refractivity contribution is 0.0712. The number of carbonyl (C=O) groups is 2. The molecule has 5 nitrogen and oxygen atoms in total. The smallest absolute Gasteiger partial charge is 0.299 e. The van der Waals surface area contributed by atoms with Crippen LogP contribution in [0.2, 0.25) is 0 Å². The van der Waals surface area contributed by atoms with Crippen LogP contribution in [0.25, 0.3) is 0 Å². The highest BCUT2D eigenvalue weighted by atomic mass is 32.5. The summed E-state index contributed by atoms with van der Waals surface area (Å²) in [5, 5.41) is 0. The third-order valence-corrected chi connectivity index (χ3v) is 6.09. The van der Waals surface area contributed by atoms with Gasteiger partial charge in [-0.25, -0.2) is 0 Å². The molecule has 0 atom stereocenters. The van der Waals surface area contributed by atoms with E-state index in [9.17, 15) is 9.59 Å². The molecule has 0 saturated heterocycles. The average molecular weight is 355 g/mol. The molecule has 1 aromatic rings. The Labute approximate surface area is 142 Å². The molecule has 7 heteroatoms. The second-order valence-corrected chi connectivity index (χ2v) is 9.55. The van der Waals surface area contributed by atoms with Crippen molar-refractivity contribution in [3.8, 4) is 0 Å². The van der Waals surface area contributed by atoms with E-state index in [1.165, 1.54) is 0 Å². The Morgan fingerprint density at radius 2 is 1.35 bits per heavy atom. The molecule has 23 heavy (non-hydrogen) atoms. The predicted octanol–water partition coefficient (Wildman–Crippen LogP) is 3.85. The number of benzene rings is 1. The first-order valence-electron chi connectivity index (χ1n) is 7.63. The summed E-state index contributed by atoms with van der Waals surface area (Å²) >= 11 is 5.55. The zero-order valence-corrected chi connectivity index (χ0v) is 15.5. The van der Waals surface area contributed by atoms with Gasteiger partial charge in [0, 0.05) is 0 Å². The number of fused-ring (bicyclic) bond motifs is 1. The molecule has 0 N–H and O–H groups in total. The third-order valence-electron chi connectivity index (χ3n) is 3.16. The first kappa shape index (κ1) is 18.3. The van der Waals surface area contributed by atoms with Crippen molar-refractivity contribution in [3.05, 3.63) is 35.4 Å². The molecule has 1 aliphatic heterocycles. The largest absolute Gasteiger partial charge is 0.313 e. The molecule has 2 amide bonds. The van der Waals surface area contributed by atoms with Gasteiger partial charge in [0.2, 0.25) is 0 Å². The van der Waals surface area contributed by atoms with Gasteiger partial charge in [0.25, 0.3) is 18.5 Å². The average Bonchev–Trinajstić information content (AvgIpc) is 2.76. The molecule has 0 radical (unpaired) electrons.